The molecule has 4 rings (SSSR count). The van der Waals surface area contributed by atoms with Gasteiger partial charge in [0.1, 0.15) is 4.75 Å². The van der Waals surface area contributed by atoms with Gasteiger partial charge in [-0.2, -0.15) is 4.99 Å². The van der Waals surface area contributed by atoms with Gasteiger partial charge in [0.25, 0.3) is 5.91 Å². The van der Waals surface area contributed by atoms with Crippen molar-refractivity contribution >= 4 is 22.8 Å². The van der Waals surface area contributed by atoms with Gasteiger partial charge < -0.3 is 10.6 Å². The van der Waals surface area contributed by atoms with Crippen LogP contribution in [0.1, 0.15) is 45.4 Å². The lowest BCUT2D eigenvalue weighted by molar-refractivity contribution is -0.120. The predicted octanol–water partition coefficient (Wildman–Crippen LogP) is 2.15. The van der Waals surface area contributed by atoms with Crippen LogP contribution in [0.15, 0.2) is 4.99 Å². The van der Waals surface area contributed by atoms with Gasteiger partial charge in [0.2, 0.25) is 0 Å². The van der Waals surface area contributed by atoms with E-state index in [4.69, 9.17) is 0 Å². The molecule has 2 aliphatic heterocycles. The molecule has 2 bridgehead atoms. The number of thioether (sulfide) groups is 1. The first-order valence-corrected chi connectivity index (χ1v) is 9.26. The number of nitrogens with zero attached hydrogens (tertiary/aromatic N) is 1. The molecule has 3 fully saturated rings. The highest BCUT2D eigenvalue weighted by Gasteiger charge is 2.48. The van der Waals surface area contributed by atoms with Gasteiger partial charge in [-0.3, -0.25) is 4.79 Å². The molecule has 1 amide bonds. The summed E-state index contributed by atoms with van der Waals surface area (Å²) in [5, 5.41) is 7.90. The summed E-state index contributed by atoms with van der Waals surface area (Å²) in [4.78, 5) is 16.8. The first-order chi connectivity index (χ1) is 10.1. The minimum Gasteiger partial charge on any atom is -0.361 e. The summed E-state index contributed by atoms with van der Waals surface area (Å²) in [6.07, 6.45) is 7.62. The highest BCUT2D eigenvalue weighted by Crippen LogP contribution is 2.47. The Bertz CT molecular complexity index is 474. The van der Waals surface area contributed by atoms with E-state index in [0.29, 0.717) is 12.0 Å². The van der Waals surface area contributed by atoms with Crippen LogP contribution in [0.25, 0.3) is 0 Å². The molecule has 2 saturated carbocycles. The van der Waals surface area contributed by atoms with E-state index in [1.807, 2.05) is 0 Å². The van der Waals surface area contributed by atoms with Gasteiger partial charge in [-0.15, -0.1) is 0 Å². The van der Waals surface area contributed by atoms with Gasteiger partial charge in [-0.25, -0.2) is 0 Å². The summed E-state index contributed by atoms with van der Waals surface area (Å²) < 4.78 is -0.331. The van der Waals surface area contributed by atoms with Crippen molar-refractivity contribution in [2.24, 2.45) is 22.7 Å². The molecule has 2 heterocycles. The van der Waals surface area contributed by atoms with Crippen molar-refractivity contribution in [3.8, 4) is 0 Å². The van der Waals surface area contributed by atoms with Crippen molar-refractivity contribution in [2.45, 2.75) is 56.2 Å². The fraction of sp³-hybridized carbons (Fsp3) is 0.875. The highest BCUT2D eigenvalue weighted by molar-refractivity contribution is 8.16. The first kappa shape index (κ1) is 14.1. The van der Waals surface area contributed by atoms with Gasteiger partial charge in [0, 0.05) is 6.04 Å². The maximum Gasteiger partial charge on any atom is 0.264 e. The Morgan fingerprint density at radius 3 is 2.71 bits per heavy atom. The van der Waals surface area contributed by atoms with Crippen molar-refractivity contribution < 1.29 is 4.79 Å². The third kappa shape index (κ3) is 2.42. The van der Waals surface area contributed by atoms with Gasteiger partial charge in [0.05, 0.1) is 0 Å². The number of carbonyl (C=O) groups is 1. The van der Waals surface area contributed by atoms with E-state index < -0.39 is 0 Å². The lowest BCUT2D eigenvalue weighted by Crippen LogP contribution is -2.43. The number of hydrogen-bond acceptors (Lipinski definition) is 4. The number of rotatable bonds is 2. The standard InChI is InChI=1S/C16H25N3OS/c1-16(12-4-6-17-7-5-12)14(20)19-15(21-16)18-13-9-10-2-3-11(13)8-10/h10-13,17H,2-9H2,1H3,(H,18,19,20)/t10-,11-,13-,16?/m0/s1. The maximum absolute atomic E-state index is 12.5. The van der Waals surface area contributed by atoms with E-state index in [1.54, 1.807) is 11.8 Å². The lowest BCUT2D eigenvalue weighted by atomic mass is 9.85. The number of amides is 1. The molecule has 0 aromatic carbocycles. The third-order valence-electron chi connectivity index (χ3n) is 6.10. The monoisotopic (exact) mass is 307 g/mol. The summed E-state index contributed by atoms with van der Waals surface area (Å²) in [5.74, 6) is 2.29. The van der Waals surface area contributed by atoms with Crippen molar-refractivity contribution in [3.05, 3.63) is 0 Å². The Kier molecular flexibility index (Phi) is 3.53. The van der Waals surface area contributed by atoms with E-state index in [2.05, 4.69) is 22.5 Å². The highest BCUT2D eigenvalue weighted by atomic mass is 32.2. The molecule has 2 aliphatic carbocycles. The van der Waals surface area contributed by atoms with Gasteiger partial charge in [-0.05, 0) is 69.9 Å². The molecule has 0 spiro atoms. The molecule has 1 unspecified atom stereocenters. The second kappa shape index (κ2) is 5.27. The van der Waals surface area contributed by atoms with Gasteiger partial charge in [0.15, 0.2) is 5.17 Å². The number of piperidine rings is 1. The quantitative estimate of drug-likeness (QED) is 0.821. The number of carbonyl (C=O) groups excluding carboxylic acids is 1. The Hall–Kier alpha value is -0.550. The van der Waals surface area contributed by atoms with Crippen LogP contribution in [0.5, 0.6) is 0 Å². The number of aliphatic imine (C=N–C) groups is 1. The molecule has 4 atom stereocenters. The fourth-order valence-corrected chi connectivity index (χ4v) is 6.02. The third-order valence-corrected chi connectivity index (χ3v) is 7.44. The van der Waals surface area contributed by atoms with Crippen molar-refractivity contribution in [1.82, 2.24) is 10.6 Å². The molecule has 21 heavy (non-hydrogen) atoms. The van der Waals surface area contributed by atoms with E-state index in [1.165, 1.54) is 25.7 Å². The summed E-state index contributed by atoms with van der Waals surface area (Å²) in [6, 6.07) is 0.568. The molecule has 0 radical (unpaired) electrons. The molecular weight excluding hydrogens is 282 g/mol. The largest absolute Gasteiger partial charge is 0.361 e. The number of nitrogens with one attached hydrogen (secondary N) is 2. The van der Waals surface area contributed by atoms with Crippen LogP contribution in [0.3, 0.4) is 0 Å². The van der Waals surface area contributed by atoms with E-state index >= 15 is 0 Å². The Balaban J connectivity index is 1.42. The Morgan fingerprint density at radius 1 is 1.24 bits per heavy atom. The van der Waals surface area contributed by atoms with E-state index in [-0.39, 0.29) is 10.7 Å². The van der Waals surface area contributed by atoms with E-state index in [0.717, 1.165) is 42.9 Å². The van der Waals surface area contributed by atoms with Crippen molar-refractivity contribution in [3.63, 3.8) is 0 Å². The van der Waals surface area contributed by atoms with Crippen molar-refractivity contribution in [1.29, 1.82) is 0 Å². The molecule has 5 heteroatoms. The smallest absolute Gasteiger partial charge is 0.264 e. The van der Waals surface area contributed by atoms with Crippen molar-refractivity contribution in [2.75, 3.05) is 13.1 Å². The molecule has 2 N–H and O–H groups in total. The van der Waals surface area contributed by atoms with Gasteiger partial charge in [-0.1, -0.05) is 18.2 Å². The van der Waals surface area contributed by atoms with Crippen LogP contribution in [0.4, 0.5) is 0 Å². The van der Waals surface area contributed by atoms with Crippen LogP contribution in [-0.2, 0) is 4.79 Å². The first-order valence-electron chi connectivity index (χ1n) is 8.44. The zero-order valence-electron chi connectivity index (χ0n) is 12.7. The maximum atomic E-state index is 12.5. The average Bonchev–Trinajstić information content (AvgIpc) is 3.16. The second-order valence-electron chi connectivity index (χ2n) is 7.38. The Morgan fingerprint density at radius 2 is 2.05 bits per heavy atom. The Labute approximate surface area is 130 Å². The minimum atomic E-state index is -0.331. The molecule has 116 valence electrons. The second-order valence-corrected chi connectivity index (χ2v) is 8.82. The normalized spacial score (nSPS) is 43.4. The zero-order valence-corrected chi connectivity index (χ0v) is 13.5. The summed E-state index contributed by atoms with van der Waals surface area (Å²) in [6.45, 7) is 4.17. The number of fused-ring (bicyclic) bond motifs is 2. The van der Waals surface area contributed by atoms with E-state index in [9.17, 15) is 4.79 Å². The zero-order chi connectivity index (χ0) is 14.4. The van der Waals surface area contributed by atoms with Crippen LogP contribution in [0.2, 0.25) is 0 Å². The van der Waals surface area contributed by atoms with Crippen LogP contribution in [0, 0.1) is 17.8 Å². The fourth-order valence-electron chi connectivity index (χ4n) is 4.74. The molecule has 4 nitrogen and oxygen atoms in total. The average molecular weight is 307 g/mol. The molecule has 4 aliphatic rings. The molecular formula is C16H25N3OS. The summed E-state index contributed by atoms with van der Waals surface area (Å²) in [7, 11) is 0. The van der Waals surface area contributed by atoms with Crippen LogP contribution < -0.4 is 10.6 Å². The minimum absolute atomic E-state index is 0.0880. The topological polar surface area (TPSA) is 53.5 Å². The van der Waals surface area contributed by atoms with Crippen LogP contribution in [-0.4, -0.2) is 35.0 Å². The molecule has 1 saturated heterocycles. The SMILES string of the molecule is CC1(C2CCNCC2)SC(N[C@H]2C[C@H]3CC[C@H]2C3)=NC1=O. The molecule has 0 aromatic rings. The lowest BCUT2D eigenvalue weighted by Gasteiger charge is -2.34. The van der Waals surface area contributed by atoms with Crippen LogP contribution >= 0.6 is 11.8 Å². The summed E-state index contributed by atoms with van der Waals surface area (Å²) >= 11 is 1.70. The molecule has 0 aromatic heterocycles. The predicted molar refractivity (Wildman–Crippen MR) is 86.4 cm³/mol. The summed E-state index contributed by atoms with van der Waals surface area (Å²) in [5.41, 5.74) is 0. The number of hydrogen-bond donors (Lipinski definition) is 2. The number of amidine groups is 1. The van der Waals surface area contributed by atoms with Gasteiger partial charge >= 0.3 is 0 Å².